The van der Waals surface area contributed by atoms with Crippen molar-refractivity contribution in [2.75, 3.05) is 4.90 Å². The van der Waals surface area contributed by atoms with Gasteiger partial charge in [0.25, 0.3) is 0 Å². The van der Waals surface area contributed by atoms with Crippen molar-refractivity contribution in [2.45, 2.75) is 19.4 Å². The number of carbonyl (C=O) groups is 3. The monoisotopic (exact) mass is 434 g/mol. The summed E-state index contributed by atoms with van der Waals surface area (Å²) in [5, 5.41) is 4.94. The number of nitrogens with zero attached hydrogens (tertiary/aromatic N) is 2. The van der Waals surface area contributed by atoms with Crippen molar-refractivity contribution in [3.05, 3.63) is 64.7 Å². The lowest BCUT2D eigenvalue weighted by molar-refractivity contribution is -0.125. The third kappa shape index (κ3) is 2.45. The van der Waals surface area contributed by atoms with Crippen molar-refractivity contribution in [3.63, 3.8) is 0 Å². The summed E-state index contributed by atoms with van der Waals surface area (Å²) in [5.41, 5.74) is 2.67. The molecule has 2 aromatic rings. The van der Waals surface area contributed by atoms with Gasteiger partial charge in [0.15, 0.2) is 5.78 Å². The zero-order chi connectivity index (χ0) is 21.4. The molecule has 6 rings (SSSR count). The van der Waals surface area contributed by atoms with Crippen LogP contribution in [0.25, 0.3) is 0 Å². The molecule has 1 saturated heterocycles. The highest BCUT2D eigenvalue weighted by atomic mass is 35.5. The van der Waals surface area contributed by atoms with Gasteiger partial charge in [-0.25, -0.2) is 0 Å². The molecule has 2 aliphatic heterocycles. The van der Waals surface area contributed by atoms with Crippen LogP contribution in [-0.2, 0) is 14.4 Å². The Kier molecular flexibility index (Phi) is 3.93. The molecule has 0 unspecified atom stereocenters. The van der Waals surface area contributed by atoms with E-state index < -0.39 is 0 Å². The van der Waals surface area contributed by atoms with Crippen molar-refractivity contribution in [2.24, 2.45) is 34.7 Å². The molecule has 2 bridgehead atoms. The molecule has 2 aliphatic carbocycles. The first-order valence-electron chi connectivity index (χ1n) is 10.4. The van der Waals surface area contributed by atoms with E-state index in [4.69, 9.17) is 16.4 Å². The van der Waals surface area contributed by atoms with Crippen molar-refractivity contribution in [1.29, 1.82) is 0 Å². The first kappa shape index (κ1) is 18.8. The van der Waals surface area contributed by atoms with Crippen LogP contribution in [0.2, 0.25) is 5.02 Å². The van der Waals surface area contributed by atoms with E-state index in [0.29, 0.717) is 16.3 Å². The number of oxime groups is 1. The minimum atomic E-state index is -0.382. The van der Waals surface area contributed by atoms with Crippen LogP contribution in [0.3, 0.4) is 0 Å². The second-order valence-corrected chi connectivity index (χ2v) is 9.19. The molecule has 2 heterocycles. The van der Waals surface area contributed by atoms with Gasteiger partial charge < -0.3 is 4.84 Å². The largest absolute Gasteiger partial charge is 0.391 e. The van der Waals surface area contributed by atoms with E-state index in [9.17, 15) is 14.4 Å². The molecule has 0 aromatic heterocycles. The fraction of sp³-hybridized carbons (Fsp3) is 0.333. The molecule has 7 heteroatoms. The number of benzene rings is 2. The van der Waals surface area contributed by atoms with Gasteiger partial charge in [-0.3, -0.25) is 19.3 Å². The minimum absolute atomic E-state index is 0.00420. The third-order valence-corrected chi connectivity index (χ3v) is 7.70. The van der Waals surface area contributed by atoms with Crippen LogP contribution in [-0.4, -0.2) is 29.4 Å². The average Bonchev–Trinajstić information content (AvgIpc) is 3.49. The van der Waals surface area contributed by atoms with E-state index >= 15 is 0 Å². The van der Waals surface area contributed by atoms with Gasteiger partial charge in [-0.15, -0.1) is 0 Å². The molecule has 6 atom stereocenters. The lowest BCUT2D eigenvalue weighted by Crippen LogP contribution is -2.41. The summed E-state index contributed by atoms with van der Waals surface area (Å²) < 4.78 is 0. The minimum Gasteiger partial charge on any atom is -0.391 e. The summed E-state index contributed by atoms with van der Waals surface area (Å²) in [6.07, 6.45) is 0.581. The number of halogens is 1. The van der Waals surface area contributed by atoms with E-state index in [-0.39, 0.29) is 53.3 Å². The van der Waals surface area contributed by atoms with Crippen molar-refractivity contribution >= 4 is 40.6 Å². The van der Waals surface area contributed by atoms with Crippen LogP contribution in [0.4, 0.5) is 5.69 Å². The predicted molar refractivity (Wildman–Crippen MR) is 114 cm³/mol. The number of ketones is 1. The molecule has 2 aromatic carbocycles. The summed E-state index contributed by atoms with van der Waals surface area (Å²) in [5.74, 6) is -1.24. The zero-order valence-corrected chi connectivity index (χ0v) is 17.5. The average molecular weight is 435 g/mol. The lowest BCUT2D eigenvalue weighted by atomic mass is 9.71. The summed E-state index contributed by atoms with van der Waals surface area (Å²) in [6.45, 7) is 1.49. The number of amides is 2. The summed E-state index contributed by atoms with van der Waals surface area (Å²) in [4.78, 5) is 45.4. The van der Waals surface area contributed by atoms with Gasteiger partial charge in [0.2, 0.25) is 11.8 Å². The first-order valence-corrected chi connectivity index (χ1v) is 10.8. The van der Waals surface area contributed by atoms with Crippen molar-refractivity contribution in [3.8, 4) is 0 Å². The van der Waals surface area contributed by atoms with Gasteiger partial charge in [0.1, 0.15) is 6.10 Å². The summed E-state index contributed by atoms with van der Waals surface area (Å²) in [7, 11) is 0. The van der Waals surface area contributed by atoms with E-state index in [1.807, 2.05) is 24.3 Å². The number of fused-ring (bicyclic) bond motifs is 8. The number of carbonyl (C=O) groups excluding carboxylic acids is 3. The Labute approximate surface area is 183 Å². The van der Waals surface area contributed by atoms with Gasteiger partial charge in [0, 0.05) is 28.0 Å². The Balaban J connectivity index is 1.34. The molecule has 0 N–H and O–H groups in total. The van der Waals surface area contributed by atoms with Crippen LogP contribution in [0.5, 0.6) is 0 Å². The molecule has 6 nitrogen and oxygen atoms in total. The van der Waals surface area contributed by atoms with E-state index in [2.05, 4.69) is 5.16 Å². The van der Waals surface area contributed by atoms with Crippen molar-refractivity contribution < 1.29 is 19.2 Å². The molecule has 3 fully saturated rings. The Morgan fingerprint density at radius 2 is 1.68 bits per heavy atom. The number of hydrogen-bond donors (Lipinski definition) is 0. The molecule has 0 spiro atoms. The topological polar surface area (TPSA) is 76.0 Å². The maximum absolute atomic E-state index is 13.4. The number of rotatable bonds is 3. The second kappa shape index (κ2) is 6.50. The quantitative estimate of drug-likeness (QED) is 0.545. The third-order valence-electron chi connectivity index (χ3n) is 7.37. The lowest BCUT2D eigenvalue weighted by Gasteiger charge is -2.30. The highest BCUT2D eigenvalue weighted by Gasteiger charge is 2.70. The Morgan fingerprint density at radius 1 is 1.00 bits per heavy atom. The normalized spacial score (nSPS) is 32.7. The van der Waals surface area contributed by atoms with Crippen LogP contribution in [0.1, 0.15) is 29.3 Å². The fourth-order valence-electron chi connectivity index (χ4n) is 6.12. The molecule has 2 amide bonds. The predicted octanol–water partition coefficient (Wildman–Crippen LogP) is 3.72. The molecule has 0 radical (unpaired) electrons. The number of imide groups is 1. The standard InChI is InChI=1S/C24H19ClN2O4/c1-11(28)12-6-8-13(9-7-12)27-23(29)18-15-10-16(19(18)24(27)30)22-20(15)21(26-31-22)14-4-2-3-5-17(14)25/h2-9,15-16,18-20,22H,10H2,1H3/t15-,16-,18-,19-,20-,22+/m1/s1. The van der Waals surface area contributed by atoms with E-state index in [1.54, 1.807) is 24.3 Å². The number of Topliss-reactive ketones (excluding diaryl/α,β-unsaturated/α-hetero) is 1. The molecule has 2 saturated carbocycles. The summed E-state index contributed by atoms with van der Waals surface area (Å²) in [6, 6.07) is 14.2. The number of hydrogen-bond acceptors (Lipinski definition) is 5. The first-order chi connectivity index (χ1) is 15.0. The molecule has 4 aliphatic rings. The Hall–Kier alpha value is -2.99. The molecule has 156 valence electrons. The van der Waals surface area contributed by atoms with Gasteiger partial charge >= 0.3 is 0 Å². The van der Waals surface area contributed by atoms with Crippen LogP contribution in [0.15, 0.2) is 53.7 Å². The van der Waals surface area contributed by atoms with Crippen molar-refractivity contribution in [1.82, 2.24) is 0 Å². The number of anilines is 1. The Bertz CT molecular complexity index is 1170. The summed E-state index contributed by atoms with van der Waals surface area (Å²) >= 11 is 6.41. The highest BCUT2D eigenvalue weighted by molar-refractivity contribution is 6.34. The van der Waals surface area contributed by atoms with Gasteiger partial charge in [-0.05, 0) is 49.6 Å². The van der Waals surface area contributed by atoms with Gasteiger partial charge in [-0.1, -0.05) is 35.0 Å². The van der Waals surface area contributed by atoms with Gasteiger partial charge in [-0.2, -0.15) is 0 Å². The molecular formula is C24H19ClN2O4. The van der Waals surface area contributed by atoms with Crippen LogP contribution < -0.4 is 4.90 Å². The Morgan fingerprint density at radius 3 is 2.35 bits per heavy atom. The highest BCUT2D eigenvalue weighted by Crippen LogP contribution is 2.62. The SMILES string of the molecule is CC(=O)c1ccc(N2C(=O)[C@@H]3[C@H]4C[C@@H]([C@@H]5ON=C(c6ccccc6Cl)[C@@H]45)[C@H]3C2=O)cc1. The second-order valence-electron chi connectivity index (χ2n) is 8.78. The van der Waals surface area contributed by atoms with E-state index in [1.165, 1.54) is 11.8 Å². The molecule has 31 heavy (non-hydrogen) atoms. The van der Waals surface area contributed by atoms with Gasteiger partial charge in [0.05, 0.1) is 23.2 Å². The molecular weight excluding hydrogens is 416 g/mol. The maximum Gasteiger partial charge on any atom is 0.238 e. The van der Waals surface area contributed by atoms with Crippen LogP contribution in [0, 0.1) is 29.6 Å². The fourth-order valence-corrected chi connectivity index (χ4v) is 6.35. The van der Waals surface area contributed by atoms with Crippen LogP contribution >= 0.6 is 11.6 Å². The smallest absolute Gasteiger partial charge is 0.238 e. The maximum atomic E-state index is 13.4. The van der Waals surface area contributed by atoms with E-state index in [0.717, 1.165) is 17.7 Å². The zero-order valence-electron chi connectivity index (χ0n) is 16.7.